The van der Waals surface area contributed by atoms with Gasteiger partial charge in [-0.25, -0.2) is 0 Å². The highest BCUT2D eigenvalue weighted by atomic mass is 16.5. The summed E-state index contributed by atoms with van der Waals surface area (Å²) < 4.78 is 5.80. The molecule has 0 unspecified atom stereocenters. The third-order valence-electron chi connectivity index (χ3n) is 3.20. The molecule has 0 aromatic carbocycles. The molecule has 1 aromatic rings. The van der Waals surface area contributed by atoms with Gasteiger partial charge in [-0.1, -0.05) is 20.8 Å². The van der Waals surface area contributed by atoms with E-state index < -0.39 is 0 Å². The number of hydrogen-bond acceptors (Lipinski definition) is 3. The van der Waals surface area contributed by atoms with E-state index in [-0.39, 0.29) is 5.41 Å². The Morgan fingerprint density at radius 2 is 2.06 bits per heavy atom. The highest BCUT2D eigenvalue weighted by molar-refractivity contribution is 5.28. The Morgan fingerprint density at radius 1 is 1.35 bits per heavy atom. The number of hydrogen-bond donors (Lipinski definition) is 0. The maximum absolute atomic E-state index is 5.80. The van der Waals surface area contributed by atoms with Gasteiger partial charge in [0.05, 0.1) is 12.8 Å². The van der Waals surface area contributed by atoms with E-state index in [1.807, 2.05) is 6.20 Å². The normalized spacial score (nSPS) is 17.9. The van der Waals surface area contributed by atoms with Gasteiger partial charge in [-0.05, 0) is 24.1 Å². The first-order valence-electron chi connectivity index (χ1n) is 6.22. The van der Waals surface area contributed by atoms with E-state index in [4.69, 9.17) is 4.74 Å². The zero-order valence-electron chi connectivity index (χ0n) is 11.2. The van der Waals surface area contributed by atoms with Crippen molar-refractivity contribution in [1.29, 1.82) is 0 Å². The van der Waals surface area contributed by atoms with Crippen molar-refractivity contribution in [1.82, 2.24) is 9.88 Å². The lowest BCUT2D eigenvalue weighted by molar-refractivity contribution is 0.0855. The number of pyridine rings is 1. The Balaban J connectivity index is 1.92. The SMILES string of the molecule is CN1CC(COc2cncc(C(C)(C)C)c2)C1. The number of aromatic nitrogens is 1. The maximum atomic E-state index is 5.80. The topological polar surface area (TPSA) is 25.4 Å². The number of likely N-dealkylation sites (tertiary alicyclic amines) is 1. The van der Waals surface area contributed by atoms with Gasteiger partial charge in [0, 0.05) is 25.2 Å². The molecule has 1 fully saturated rings. The van der Waals surface area contributed by atoms with Crippen molar-refractivity contribution in [3.8, 4) is 5.75 Å². The minimum atomic E-state index is 0.128. The average Bonchev–Trinajstić information content (AvgIpc) is 2.22. The summed E-state index contributed by atoms with van der Waals surface area (Å²) in [5, 5.41) is 0. The lowest BCUT2D eigenvalue weighted by Gasteiger charge is -2.35. The molecule has 2 heterocycles. The molecule has 0 bridgehead atoms. The molecule has 0 atom stereocenters. The van der Waals surface area contributed by atoms with Crippen molar-refractivity contribution in [2.45, 2.75) is 26.2 Å². The van der Waals surface area contributed by atoms with Gasteiger partial charge in [-0.3, -0.25) is 4.98 Å². The van der Waals surface area contributed by atoms with Gasteiger partial charge in [-0.15, -0.1) is 0 Å². The first-order chi connectivity index (χ1) is 7.95. The molecule has 0 amide bonds. The van der Waals surface area contributed by atoms with Crippen molar-refractivity contribution in [3.63, 3.8) is 0 Å². The minimum Gasteiger partial charge on any atom is -0.492 e. The summed E-state index contributed by atoms with van der Waals surface area (Å²) in [4.78, 5) is 6.56. The second-order valence-corrected chi connectivity index (χ2v) is 6.06. The molecule has 0 spiro atoms. The standard InChI is InChI=1S/C14H22N2O/c1-14(2,3)12-5-13(7-15-6-12)17-10-11-8-16(4)9-11/h5-7,11H,8-10H2,1-4H3. The van der Waals surface area contributed by atoms with E-state index in [1.54, 1.807) is 6.20 Å². The second-order valence-electron chi connectivity index (χ2n) is 6.06. The first kappa shape index (κ1) is 12.4. The molecule has 17 heavy (non-hydrogen) atoms. The van der Waals surface area contributed by atoms with E-state index in [0.717, 1.165) is 25.4 Å². The smallest absolute Gasteiger partial charge is 0.137 e. The number of rotatable bonds is 3. The Kier molecular flexibility index (Phi) is 3.38. The van der Waals surface area contributed by atoms with Crippen LogP contribution < -0.4 is 4.74 Å². The Hall–Kier alpha value is -1.09. The molecular formula is C14H22N2O. The fourth-order valence-electron chi connectivity index (χ4n) is 2.06. The summed E-state index contributed by atoms with van der Waals surface area (Å²) >= 11 is 0. The van der Waals surface area contributed by atoms with E-state index >= 15 is 0 Å². The molecule has 94 valence electrons. The van der Waals surface area contributed by atoms with E-state index in [2.05, 4.69) is 43.8 Å². The molecule has 3 heteroatoms. The Bertz CT molecular complexity index is 378. The molecule has 3 nitrogen and oxygen atoms in total. The fourth-order valence-corrected chi connectivity index (χ4v) is 2.06. The van der Waals surface area contributed by atoms with Crippen LogP contribution in [0.15, 0.2) is 18.5 Å². The maximum Gasteiger partial charge on any atom is 0.137 e. The van der Waals surface area contributed by atoms with Gasteiger partial charge in [0.1, 0.15) is 5.75 Å². The van der Waals surface area contributed by atoms with Crippen molar-refractivity contribution < 1.29 is 4.74 Å². The molecule has 0 N–H and O–H groups in total. The number of ether oxygens (including phenoxy) is 1. The Morgan fingerprint density at radius 3 is 2.65 bits per heavy atom. The van der Waals surface area contributed by atoms with Gasteiger partial charge in [0.25, 0.3) is 0 Å². The van der Waals surface area contributed by atoms with Crippen LogP contribution in [0.1, 0.15) is 26.3 Å². The highest BCUT2D eigenvalue weighted by Crippen LogP contribution is 2.25. The summed E-state index contributed by atoms with van der Waals surface area (Å²) in [6.07, 6.45) is 3.72. The van der Waals surface area contributed by atoms with Crippen LogP contribution in [0, 0.1) is 5.92 Å². The third-order valence-corrected chi connectivity index (χ3v) is 3.20. The third kappa shape index (κ3) is 3.19. The second kappa shape index (κ2) is 4.65. The van der Waals surface area contributed by atoms with E-state index in [0.29, 0.717) is 5.92 Å². The zero-order chi connectivity index (χ0) is 12.5. The predicted molar refractivity (Wildman–Crippen MR) is 69.4 cm³/mol. The summed E-state index contributed by atoms with van der Waals surface area (Å²) in [5.74, 6) is 1.57. The van der Waals surface area contributed by atoms with Crippen LogP contribution in [0.2, 0.25) is 0 Å². The largest absolute Gasteiger partial charge is 0.492 e. The van der Waals surface area contributed by atoms with Crippen LogP contribution in [0.4, 0.5) is 0 Å². The summed E-state index contributed by atoms with van der Waals surface area (Å²) in [7, 11) is 2.14. The van der Waals surface area contributed by atoms with Crippen LogP contribution >= 0.6 is 0 Å². The average molecular weight is 234 g/mol. The monoisotopic (exact) mass is 234 g/mol. The molecule has 1 saturated heterocycles. The predicted octanol–water partition coefficient (Wildman–Crippen LogP) is 2.32. The quantitative estimate of drug-likeness (QED) is 0.802. The van der Waals surface area contributed by atoms with Gasteiger partial charge in [0.2, 0.25) is 0 Å². The zero-order valence-corrected chi connectivity index (χ0v) is 11.2. The highest BCUT2D eigenvalue weighted by Gasteiger charge is 2.23. The molecule has 0 radical (unpaired) electrons. The van der Waals surface area contributed by atoms with Crippen molar-refractivity contribution >= 4 is 0 Å². The molecular weight excluding hydrogens is 212 g/mol. The molecule has 0 saturated carbocycles. The van der Waals surface area contributed by atoms with Gasteiger partial charge >= 0.3 is 0 Å². The summed E-state index contributed by atoms with van der Waals surface area (Å²) in [6.45, 7) is 9.66. The van der Waals surface area contributed by atoms with Crippen LogP contribution in [0.25, 0.3) is 0 Å². The molecule has 2 rings (SSSR count). The van der Waals surface area contributed by atoms with E-state index in [9.17, 15) is 0 Å². The van der Waals surface area contributed by atoms with E-state index in [1.165, 1.54) is 5.56 Å². The van der Waals surface area contributed by atoms with Gasteiger partial charge in [0.15, 0.2) is 0 Å². The fraction of sp³-hybridized carbons (Fsp3) is 0.643. The van der Waals surface area contributed by atoms with Crippen molar-refractivity contribution in [2.75, 3.05) is 26.7 Å². The Labute approximate surface area is 104 Å². The summed E-state index contributed by atoms with van der Waals surface area (Å²) in [6, 6.07) is 2.11. The number of nitrogens with zero attached hydrogens (tertiary/aromatic N) is 2. The van der Waals surface area contributed by atoms with Crippen LogP contribution in [-0.4, -0.2) is 36.6 Å². The lowest BCUT2D eigenvalue weighted by Crippen LogP contribution is -2.46. The minimum absolute atomic E-state index is 0.128. The van der Waals surface area contributed by atoms with Crippen molar-refractivity contribution in [3.05, 3.63) is 24.0 Å². The van der Waals surface area contributed by atoms with Crippen LogP contribution in [0.5, 0.6) is 5.75 Å². The molecule has 1 aromatic heterocycles. The lowest BCUT2D eigenvalue weighted by atomic mass is 9.88. The molecule has 1 aliphatic heterocycles. The summed E-state index contributed by atoms with van der Waals surface area (Å²) in [5.41, 5.74) is 1.35. The van der Waals surface area contributed by atoms with Crippen LogP contribution in [-0.2, 0) is 5.41 Å². The molecule has 0 aliphatic carbocycles. The van der Waals surface area contributed by atoms with Gasteiger partial charge < -0.3 is 9.64 Å². The first-order valence-corrected chi connectivity index (χ1v) is 6.22. The van der Waals surface area contributed by atoms with Gasteiger partial charge in [-0.2, -0.15) is 0 Å². The molecule has 1 aliphatic rings. The van der Waals surface area contributed by atoms with Crippen molar-refractivity contribution in [2.24, 2.45) is 5.92 Å². The van der Waals surface area contributed by atoms with Crippen LogP contribution in [0.3, 0.4) is 0 Å².